The van der Waals surface area contributed by atoms with Crippen molar-refractivity contribution in [3.63, 3.8) is 0 Å². The van der Waals surface area contributed by atoms with Gasteiger partial charge in [0.15, 0.2) is 0 Å². The van der Waals surface area contributed by atoms with Gasteiger partial charge in [0.2, 0.25) is 0 Å². The van der Waals surface area contributed by atoms with E-state index < -0.39 is 25.0 Å². The molecule has 0 aliphatic carbocycles. The van der Waals surface area contributed by atoms with Gasteiger partial charge in [0, 0.05) is 30.5 Å². The molecule has 100 valence electrons. The molecule has 1 aromatic rings. The zero-order valence-electron chi connectivity index (χ0n) is 9.79. The van der Waals surface area contributed by atoms with Crippen LogP contribution in [0, 0.1) is 0 Å². The van der Waals surface area contributed by atoms with Crippen molar-refractivity contribution < 1.29 is 18.0 Å². The molecule has 0 fully saturated rings. The molecular formula is C11H14F3N3O. The molecule has 0 unspecified atom stereocenters. The summed E-state index contributed by atoms with van der Waals surface area (Å²) in [4.78, 5) is 12.8. The van der Waals surface area contributed by atoms with Crippen molar-refractivity contribution >= 4 is 17.3 Å². The van der Waals surface area contributed by atoms with E-state index in [1.165, 1.54) is 25.2 Å². The molecule has 18 heavy (non-hydrogen) atoms. The molecule has 4 nitrogen and oxygen atoms in total. The summed E-state index contributed by atoms with van der Waals surface area (Å²) in [6.07, 6.45) is -5.34. The molecule has 1 rings (SSSR count). The third-order valence-electron chi connectivity index (χ3n) is 2.30. The minimum atomic E-state index is -4.29. The molecule has 1 amide bonds. The Labute approximate surface area is 102 Å². The number of halogens is 3. The number of rotatable bonds is 3. The summed E-state index contributed by atoms with van der Waals surface area (Å²) in [6, 6.07) is 4.22. The Hall–Kier alpha value is -1.92. The van der Waals surface area contributed by atoms with Crippen LogP contribution in [0.25, 0.3) is 0 Å². The van der Waals surface area contributed by atoms with E-state index in [0.29, 0.717) is 11.4 Å². The standard InChI is InChI=1S/C11H14F3N3O/c1-17(3-2-11(12,13)14)10(18)7-4-8(15)6-9(16)5-7/h4-6H,2-3,15-16H2,1H3. The van der Waals surface area contributed by atoms with Gasteiger partial charge in [-0.25, -0.2) is 0 Å². The van der Waals surface area contributed by atoms with Crippen LogP contribution in [0.15, 0.2) is 18.2 Å². The smallest absolute Gasteiger partial charge is 0.390 e. The predicted molar refractivity (Wildman–Crippen MR) is 62.9 cm³/mol. The van der Waals surface area contributed by atoms with Gasteiger partial charge in [0.1, 0.15) is 0 Å². The minimum Gasteiger partial charge on any atom is -0.399 e. The van der Waals surface area contributed by atoms with E-state index in [1.54, 1.807) is 0 Å². The van der Waals surface area contributed by atoms with Crippen molar-refractivity contribution in [3.05, 3.63) is 23.8 Å². The van der Waals surface area contributed by atoms with Crippen molar-refractivity contribution in [2.45, 2.75) is 12.6 Å². The third kappa shape index (κ3) is 4.15. The van der Waals surface area contributed by atoms with Gasteiger partial charge in [-0.3, -0.25) is 4.79 Å². The second-order valence-corrected chi connectivity index (χ2v) is 3.98. The van der Waals surface area contributed by atoms with E-state index in [0.717, 1.165) is 4.90 Å². The number of alkyl halides is 3. The molecule has 0 heterocycles. The summed E-state index contributed by atoms with van der Waals surface area (Å²) < 4.78 is 36.1. The van der Waals surface area contributed by atoms with E-state index in [1.807, 2.05) is 0 Å². The van der Waals surface area contributed by atoms with Crippen molar-refractivity contribution in [2.24, 2.45) is 0 Å². The number of carbonyl (C=O) groups excluding carboxylic acids is 1. The Morgan fingerprint density at radius 1 is 1.22 bits per heavy atom. The molecule has 7 heteroatoms. The van der Waals surface area contributed by atoms with Gasteiger partial charge < -0.3 is 16.4 Å². The summed E-state index contributed by atoms with van der Waals surface area (Å²) in [5.74, 6) is -0.543. The average Bonchev–Trinajstić information content (AvgIpc) is 2.22. The summed E-state index contributed by atoms with van der Waals surface area (Å²) in [6.45, 7) is -0.406. The van der Waals surface area contributed by atoms with Crippen LogP contribution in [-0.4, -0.2) is 30.6 Å². The lowest BCUT2D eigenvalue weighted by atomic mass is 10.1. The lowest BCUT2D eigenvalue weighted by molar-refractivity contribution is -0.136. The Balaban J connectivity index is 2.74. The fourth-order valence-corrected chi connectivity index (χ4v) is 1.42. The number of hydrogen-bond donors (Lipinski definition) is 2. The lowest BCUT2D eigenvalue weighted by Crippen LogP contribution is -2.30. The molecular weight excluding hydrogens is 247 g/mol. The van der Waals surface area contributed by atoms with Crippen LogP contribution in [0.4, 0.5) is 24.5 Å². The number of nitrogens with two attached hydrogens (primary N) is 2. The second-order valence-electron chi connectivity index (χ2n) is 3.98. The minimum absolute atomic E-state index is 0.178. The van der Waals surface area contributed by atoms with Crippen LogP contribution in [-0.2, 0) is 0 Å². The summed E-state index contributed by atoms with van der Waals surface area (Å²) in [5, 5.41) is 0. The van der Waals surface area contributed by atoms with E-state index in [9.17, 15) is 18.0 Å². The third-order valence-corrected chi connectivity index (χ3v) is 2.30. The number of carbonyl (C=O) groups is 1. The maximum Gasteiger partial charge on any atom is 0.390 e. The van der Waals surface area contributed by atoms with Gasteiger partial charge in [-0.05, 0) is 18.2 Å². The number of nitrogen functional groups attached to an aromatic ring is 2. The monoisotopic (exact) mass is 261 g/mol. The van der Waals surface area contributed by atoms with E-state index in [-0.39, 0.29) is 5.56 Å². The van der Waals surface area contributed by atoms with Crippen LogP contribution < -0.4 is 11.5 Å². The predicted octanol–water partition coefficient (Wildman–Crippen LogP) is 1.88. The first-order chi connectivity index (χ1) is 8.19. The van der Waals surface area contributed by atoms with Gasteiger partial charge in [0.25, 0.3) is 5.91 Å². The maximum absolute atomic E-state index is 12.0. The fourth-order valence-electron chi connectivity index (χ4n) is 1.42. The highest BCUT2D eigenvalue weighted by atomic mass is 19.4. The van der Waals surface area contributed by atoms with Crippen molar-refractivity contribution in [1.29, 1.82) is 0 Å². The fraction of sp³-hybridized carbons (Fsp3) is 0.364. The van der Waals surface area contributed by atoms with Crippen molar-refractivity contribution in [3.8, 4) is 0 Å². The van der Waals surface area contributed by atoms with E-state index in [4.69, 9.17) is 11.5 Å². The first-order valence-electron chi connectivity index (χ1n) is 5.17. The molecule has 0 saturated carbocycles. The number of anilines is 2. The molecule has 0 aliphatic rings. The Morgan fingerprint density at radius 2 is 1.72 bits per heavy atom. The normalized spacial score (nSPS) is 11.3. The summed E-state index contributed by atoms with van der Waals surface area (Å²) >= 11 is 0. The van der Waals surface area contributed by atoms with Gasteiger partial charge >= 0.3 is 6.18 Å². The van der Waals surface area contributed by atoms with Gasteiger partial charge in [-0.15, -0.1) is 0 Å². The highest BCUT2D eigenvalue weighted by molar-refractivity contribution is 5.95. The van der Waals surface area contributed by atoms with Crippen molar-refractivity contribution in [2.75, 3.05) is 25.1 Å². The van der Waals surface area contributed by atoms with Crippen molar-refractivity contribution in [1.82, 2.24) is 4.90 Å². The molecule has 0 spiro atoms. The highest BCUT2D eigenvalue weighted by Crippen LogP contribution is 2.20. The first-order valence-corrected chi connectivity index (χ1v) is 5.17. The molecule has 4 N–H and O–H groups in total. The lowest BCUT2D eigenvalue weighted by Gasteiger charge is -2.18. The summed E-state index contributed by atoms with van der Waals surface area (Å²) in [5.41, 5.74) is 11.8. The number of hydrogen-bond acceptors (Lipinski definition) is 3. The molecule has 0 aliphatic heterocycles. The van der Waals surface area contributed by atoms with E-state index >= 15 is 0 Å². The van der Waals surface area contributed by atoms with Gasteiger partial charge in [-0.2, -0.15) is 13.2 Å². The molecule has 1 aromatic carbocycles. The van der Waals surface area contributed by atoms with Crippen LogP contribution in [0.3, 0.4) is 0 Å². The Kier molecular flexibility index (Phi) is 4.05. The second kappa shape index (κ2) is 5.16. The maximum atomic E-state index is 12.0. The van der Waals surface area contributed by atoms with Gasteiger partial charge in [-0.1, -0.05) is 0 Å². The largest absolute Gasteiger partial charge is 0.399 e. The van der Waals surface area contributed by atoms with Crippen LogP contribution in [0.5, 0.6) is 0 Å². The number of nitrogens with zero attached hydrogens (tertiary/aromatic N) is 1. The molecule has 0 saturated heterocycles. The molecule has 0 atom stereocenters. The van der Waals surface area contributed by atoms with Gasteiger partial charge in [0.05, 0.1) is 6.42 Å². The highest BCUT2D eigenvalue weighted by Gasteiger charge is 2.28. The quantitative estimate of drug-likeness (QED) is 0.816. The Morgan fingerprint density at radius 3 is 2.17 bits per heavy atom. The number of benzene rings is 1. The van der Waals surface area contributed by atoms with Crippen LogP contribution >= 0.6 is 0 Å². The zero-order chi connectivity index (χ0) is 13.9. The van der Waals surface area contributed by atoms with Crippen LogP contribution in [0.2, 0.25) is 0 Å². The SMILES string of the molecule is CN(CCC(F)(F)F)C(=O)c1cc(N)cc(N)c1. The topological polar surface area (TPSA) is 72.3 Å². The Bertz CT molecular complexity index is 425. The molecule has 0 aromatic heterocycles. The molecule has 0 bridgehead atoms. The summed E-state index contributed by atoms with van der Waals surface area (Å²) in [7, 11) is 1.30. The molecule has 0 radical (unpaired) electrons. The zero-order valence-corrected chi connectivity index (χ0v) is 9.79. The van der Waals surface area contributed by atoms with E-state index in [2.05, 4.69) is 0 Å². The number of amides is 1. The average molecular weight is 261 g/mol. The first kappa shape index (κ1) is 14.1. The van der Waals surface area contributed by atoms with Crippen LogP contribution in [0.1, 0.15) is 16.8 Å².